The van der Waals surface area contributed by atoms with E-state index in [1.54, 1.807) is 32.4 Å². The second-order valence-electron chi connectivity index (χ2n) is 2.86. The molecule has 0 saturated heterocycles. The molecule has 1 aromatic rings. The van der Waals surface area contributed by atoms with Crippen molar-refractivity contribution in [1.82, 2.24) is 4.98 Å². The normalized spacial score (nSPS) is 15.1. The summed E-state index contributed by atoms with van der Waals surface area (Å²) in [5.74, 6) is 0.607. The summed E-state index contributed by atoms with van der Waals surface area (Å²) in [7, 11) is 1.55. The maximum Gasteiger partial charge on any atom is 0.142 e. The summed E-state index contributed by atoms with van der Waals surface area (Å²) in [5, 5.41) is 9.27. The molecule has 0 aromatic carbocycles. The summed E-state index contributed by atoms with van der Waals surface area (Å²) in [6, 6.07) is 3.03. The first-order valence-electron chi connectivity index (χ1n) is 4.09. The lowest BCUT2D eigenvalue weighted by molar-refractivity contribution is 0.160. The Hall–Kier alpha value is -1.13. The molecule has 4 nitrogen and oxygen atoms in total. The Morgan fingerprint density at radius 3 is 2.85 bits per heavy atom. The van der Waals surface area contributed by atoms with Crippen LogP contribution in [0.4, 0.5) is 0 Å². The number of aliphatic hydroxyl groups excluding tert-OH is 1. The van der Waals surface area contributed by atoms with E-state index in [2.05, 4.69) is 4.98 Å². The van der Waals surface area contributed by atoms with Crippen LogP contribution in [0.5, 0.6) is 5.75 Å². The molecule has 0 saturated carbocycles. The maximum atomic E-state index is 9.27. The van der Waals surface area contributed by atoms with Gasteiger partial charge in [-0.05, 0) is 19.1 Å². The lowest BCUT2D eigenvalue weighted by Gasteiger charge is -2.16. The molecule has 0 spiro atoms. The van der Waals surface area contributed by atoms with Gasteiger partial charge in [0.05, 0.1) is 19.3 Å². The van der Waals surface area contributed by atoms with Crippen molar-refractivity contribution in [1.29, 1.82) is 0 Å². The number of nitrogens with two attached hydrogens (primary N) is 1. The van der Waals surface area contributed by atoms with Crippen molar-refractivity contribution in [2.75, 3.05) is 7.11 Å². The van der Waals surface area contributed by atoms with Crippen molar-refractivity contribution in [3.63, 3.8) is 0 Å². The highest BCUT2D eigenvalue weighted by molar-refractivity contribution is 5.29. The number of aliphatic hydroxyl groups is 1. The van der Waals surface area contributed by atoms with E-state index >= 15 is 0 Å². The molecule has 2 atom stereocenters. The second kappa shape index (κ2) is 4.20. The Morgan fingerprint density at radius 1 is 1.62 bits per heavy atom. The van der Waals surface area contributed by atoms with Crippen LogP contribution in [0, 0.1) is 0 Å². The minimum absolute atomic E-state index is 0.504. The molecule has 4 heteroatoms. The van der Waals surface area contributed by atoms with E-state index < -0.39 is 12.1 Å². The molecule has 0 amide bonds. The van der Waals surface area contributed by atoms with Gasteiger partial charge in [0, 0.05) is 6.20 Å². The smallest absolute Gasteiger partial charge is 0.142 e. The molecule has 1 rings (SSSR count). The summed E-state index contributed by atoms with van der Waals surface area (Å²) >= 11 is 0. The standard InChI is InChI=1S/C9H14N2O2/c1-6(12)8(10)9-7(13-2)4-3-5-11-9/h3-6,8,12H,10H2,1-2H3/t6-,8+/m0/s1. The predicted molar refractivity (Wildman–Crippen MR) is 49.4 cm³/mol. The Labute approximate surface area is 77.4 Å². The average Bonchev–Trinajstić information content (AvgIpc) is 2.16. The van der Waals surface area contributed by atoms with Gasteiger partial charge in [-0.2, -0.15) is 0 Å². The average molecular weight is 182 g/mol. The van der Waals surface area contributed by atoms with Gasteiger partial charge in [-0.25, -0.2) is 0 Å². The number of nitrogens with zero attached hydrogens (tertiary/aromatic N) is 1. The SMILES string of the molecule is COc1cccnc1[C@H](N)[C@H](C)O. The number of hydrogen-bond acceptors (Lipinski definition) is 4. The third kappa shape index (κ3) is 2.17. The molecule has 0 aliphatic carbocycles. The molecule has 72 valence electrons. The molecular formula is C9H14N2O2. The highest BCUT2D eigenvalue weighted by atomic mass is 16.5. The van der Waals surface area contributed by atoms with Crippen LogP contribution in [0.2, 0.25) is 0 Å². The highest BCUT2D eigenvalue weighted by Crippen LogP contribution is 2.22. The lowest BCUT2D eigenvalue weighted by Crippen LogP contribution is -2.24. The molecule has 0 aliphatic heterocycles. The predicted octanol–water partition coefficient (Wildman–Crippen LogP) is 0.471. The zero-order chi connectivity index (χ0) is 9.84. The first-order chi connectivity index (χ1) is 6.16. The van der Waals surface area contributed by atoms with Crippen molar-refractivity contribution < 1.29 is 9.84 Å². The fraction of sp³-hybridized carbons (Fsp3) is 0.444. The maximum absolute atomic E-state index is 9.27. The molecular weight excluding hydrogens is 168 g/mol. The molecule has 0 fully saturated rings. The first-order valence-corrected chi connectivity index (χ1v) is 4.09. The molecule has 13 heavy (non-hydrogen) atoms. The van der Waals surface area contributed by atoms with Crippen LogP contribution < -0.4 is 10.5 Å². The van der Waals surface area contributed by atoms with Crippen molar-refractivity contribution in [2.45, 2.75) is 19.1 Å². The Morgan fingerprint density at radius 2 is 2.31 bits per heavy atom. The van der Waals surface area contributed by atoms with Crippen molar-refractivity contribution in [2.24, 2.45) is 5.73 Å². The van der Waals surface area contributed by atoms with Gasteiger partial charge in [0.1, 0.15) is 11.4 Å². The van der Waals surface area contributed by atoms with Crippen LogP contribution in [0.3, 0.4) is 0 Å². The lowest BCUT2D eigenvalue weighted by atomic mass is 10.1. The molecule has 0 radical (unpaired) electrons. The van der Waals surface area contributed by atoms with Crippen LogP contribution in [-0.2, 0) is 0 Å². The van der Waals surface area contributed by atoms with E-state index in [4.69, 9.17) is 10.5 Å². The number of methoxy groups -OCH3 is 1. The minimum Gasteiger partial charge on any atom is -0.495 e. The number of ether oxygens (including phenoxy) is 1. The summed E-state index contributed by atoms with van der Waals surface area (Å²) in [5.41, 5.74) is 6.31. The molecule has 0 bridgehead atoms. The minimum atomic E-state index is -0.635. The first kappa shape index (κ1) is 9.95. The van der Waals surface area contributed by atoms with Gasteiger partial charge in [0.2, 0.25) is 0 Å². The van der Waals surface area contributed by atoms with Crippen LogP contribution in [0.1, 0.15) is 18.7 Å². The van der Waals surface area contributed by atoms with Gasteiger partial charge in [-0.15, -0.1) is 0 Å². The van der Waals surface area contributed by atoms with Crippen molar-refractivity contribution in [3.05, 3.63) is 24.0 Å². The molecule has 1 aromatic heterocycles. The Bertz CT molecular complexity index is 276. The number of hydrogen-bond donors (Lipinski definition) is 2. The molecule has 3 N–H and O–H groups in total. The molecule has 1 heterocycles. The highest BCUT2D eigenvalue weighted by Gasteiger charge is 2.17. The van der Waals surface area contributed by atoms with Crippen molar-refractivity contribution in [3.8, 4) is 5.75 Å². The van der Waals surface area contributed by atoms with Crippen LogP contribution in [-0.4, -0.2) is 23.3 Å². The van der Waals surface area contributed by atoms with Gasteiger partial charge >= 0.3 is 0 Å². The Kier molecular flexibility index (Phi) is 3.22. The fourth-order valence-corrected chi connectivity index (χ4v) is 1.05. The summed E-state index contributed by atoms with van der Waals surface area (Å²) in [4.78, 5) is 4.06. The van der Waals surface area contributed by atoms with Gasteiger partial charge in [-0.1, -0.05) is 0 Å². The number of rotatable bonds is 3. The van der Waals surface area contributed by atoms with E-state index in [-0.39, 0.29) is 0 Å². The van der Waals surface area contributed by atoms with E-state index in [0.29, 0.717) is 11.4 Å². The van der Waals surface area contributed by atoms with Crippen molar-refractivity contribution >= 4 is 0 Å². The summed E-state index contributed by atoms with van der Waals surface area (Å²) in [6.07, 6.45) is 0.990. The van der Waals surface area contributed by atoms with E-state index in [1.807, 2.05) is 0 Å². The van der Waals surface area contributed by atoms with Crippen LogP contribution >= 0.6 is 0 Å². The topological polar surface area (TPSA) is 68.4 Å². The second-order valence-corrected chi connectivity index (χ2v) is 2.86. The van der Waals surface area contributed by atoms with Gasteiger partial charge < -0.3 is 15.6 Å². The monoisotopic (exact) mass is 182 g/mol. The molecule has 0 aliphatic rings. The van der Waals surface area contributed by atoms with Crippen LogP contribution in [0.15, 0.2) is 18.3 Å². The molecule has 0 unspecified atom stereocenters. The largest absolute Gasteiger partial charge is 0.495 e. The zero-order valence-electron chi connectivity index (χ0n) is 7.77. The van der Waals surface area contributed by atoms with Gasteiger partial charge in [-0.3, -0.25) is 4.98 Å². The van der Waals surface area contributed by atoms with Gasteiger partial charge in [0.25, 0.3) is 0 Å². The van der Waals surface area contributed by atoms with Crippen LogP contribution in [0.25, 0.3) is 0 Å². The number of pyridine rings is 1. The van der Waals surface area contributed by atoms with E-state index in [0.717, 1.165) is 0 Å². The Balaban J connectivity index is 2.98. The zero-order valence-corrected chi connectivity index (χ0v) is 7.77. The quantitative estimate of drug-likeness (QED) is 0.713. The fourth-order valence-electron chi connectivity index (χ4n) is 1.05. The summed E-state index contributed by atoms with van der Waals surface area (Å²) in [6.45, 7) is 1.62. The summed E-state index contributed by atoms with van der Waals surface area (Å²) < 4.78 is 5.06. The van der Waals surface area contributed by atoms with E-state index in [9.17, 15) is 5.11 Å². The number of aromatic nitrogens is 1. The van der Waals surface area contributed by atoms with Gasteiger partial charge in [0.15, 0.2) is 0 Å². The third-order valence-electron chi connectivity index (χ3n) is 1.86. The third-order valence-corrected chi connectivity index (χ3v) is 1.86. The van der Waals surface area contributed by atoms with E-state index in [1.165, 1.54) is 0 Å².